The van der Waals surface area contributed by atoms with Crippen LogP contribution in [0.5, 0.6) is 17.2 Å². The van der Waals surface area contributed by atoms with E-state index in [9.17, 15) is 14.7 Å². The minimum absolute atomic E-state index is 0.107. The molecule has 1 aliphatic rings. The van der Waals surface area contributed by atoms with Crippen LogP contribution in [0.25, 0.3) is 21.8 Å². The summed E-state index contributed by atoms with van der Waals surface area (Å²) in [5.74, 6) is -0.464. The van der Waals surface area contributed by atoms with Gasteiger partial charge in [-0.25, -0.2) is 4.79 Å². The maximum Gasteiger partial charge on any atom is 0.328 e. The number of aromatic amines is 2. The van der Waals surface area contributed by atoms with Crippen LogP contribution in [0.3, 0.4) is 0 Å². The predicted molar refractivity (Wildman–Crippen MR) is 158 cm³/mol. The summed E-state index contributed by atoms with van der Waals surface area (Å²) in [5.41, 5.74) is 5.42. The van der Waals surface area contributed by atoms with Crippen molar-refractivity contribution in [1.82, 2.24) is 20.6 Å². The van der Waals surface area contributed by atoms with Crippen LogP contribution in [-0.2, 0) is 27.2 Å². The van der Waals surface area contributed by atoms with E-state index in [-0.39, 0.29) is 29.6 Å². The first-order valence-electron chi connectivity index (χ1n) is 13.7. The molecule has 0 unspecified atom stereocenters. The third kappa shape index (κ3) is 4.79. The van der Waals surface area contributed by atoms with E-state index in [2.05, 4.69) is 20.6 Å². The highest BCUT2D eigenvalue weighted by Gasteiger charge is 2.36. The van der Waals surface area contributed by atoms with Gasteiger partial charge in [-0.05, 0) is 47.4 Å². The number of esters is 1. The molecule has 1 aliphatic heterocycles. The van der Waals surface area contributed by atoms with Gasteiger partial charge in [0.1, 0.15) is 6.04 Å². The molecule has 2 aromatic heterocycles. The number of ether oxygens (including phenoxy) is 3. The number of methoxy groups -OCH3 is 3. The van der Waals surface area contributed by atoms with Gasteiger partial charge in [-0.1, -0.05) is 36.4 Å². The molecule has 5 aromatic rings. The number of hydrogen-bond acceptors (Lipinski definition) is 7. The second kappa shape index (κ2) is 11.1. The summed E-state index contributed by atoms with van der Waals surface area (Å²) in [6.07, 6.45) is 2.52. The number of fused-ring (bicyclic) bond motifs is 4. The van der Waals surface area contributed by atoms with Gasteiger partial charge in [-0.2, -0.15) is 0 Å². The summed E-state index contributed by atoms with van der Waals surface area (Å²) in [6, 6.07) is 17.1. The summed E-state index contributed by atoms with van der Waals surface area (Å²) >= 11 is 0. The van der Waals surface area contributed by atoms with Crippen molar-refractivity contribution in [2.45, 2.75) is 31.0 Å². The maximum absolute atomic E-state index is 13.9. The third-order valence-corrected chi connectivity index (χ3v) is 7.96. The molecule has 0 radical (unpaired) electrons. The summed E-state index contributed by atoms with van der Waals surface area (Å²) in [4.78, 5) is 33.5. The van der Waals surface area contributed by atoms with Crippen molar-refractivity contribution in [3.63, 3.8) is 0 Å². The molecule has 0 fully saturated rings. The molecule has 10 nitrogen and oxygen atoms in total. The van der Waals surface area contributed by atoms with E-state index in [1.807, 2.05) is 54.7 Å². The average molecular weight is 569 g/mol. The number of phenolic OH excluding ortho intramolecular Hbond substituents is 1. The van der Waals surface area contributed by atoms with Crippen LogP contribution in [0.1, 0.15) is 28.4 Å². The molecule has 6 rings (SSSR count). The molecule has 216 valence electrons. The molecule has 1 amide bonds. The van der Waals surface area contributed by atoms with Gasteiger partial charge >= 0.3 is 5.97 Å². The zero-order valence-corrected chi connectivity index (χ0v) is 23.5. The molecule has 0 aliphatic carbocycles. The third-order valence-electron chi connectivity index (χ3n) is 7.96. The van der Waals surface area contributed by atoms with E-state index in [0.29, 0.717) is 6.42 Å². The van der Waals surface area contributed by atoms with Crippen LogP contribution in [-0.4, -0.2) is 60.4 Å². The van der Waals surface area contributed by atoms with E-state index in [0.717, 1.165) is 44.2 Å². The first-order valence-corrected chi connectivity index (χ1v) is 13.7. The van der Waals surface area contributed by atoms with Crippen LogP contribution < -0.4 is 20.1 Å². The number of para-hydroxylation sites is 2. The fraction of sp³-hybridized carbons (Fsp3) is 0.250. The van der Waals surface area contributed by atoms with Crippen molar-refractivity contribution in [2.75, 3.05) is 21.3 Å². The molecule has 0 saturated carbocycles. The minimum atomic E-state index is -0.889. The number of aromatic hydroxyl groups is 1. The molecule has 3 aromatic carbocycles. The van der Waals surface area contributed by atoms with E-state index in [1.54, 1.807) is 12.1 Å². The maximum atomic E-state index is 13.9. The highest BCUT2D eigenvalue weighted by Crippen LogP contribution is 2.42. The molecule has 0 bridgehead atoms. The Morgan fingerprint density at radius 1 is 0.976 bits per heavy atom. The summed E-state index contributed by atoms with van der Waals surface area (Å²) in [5, 5.41) is 18.9. The Balaban J connectivity index is 1.35. The van der Waals surface area contributed by atoms with Gasteiger partial charge in [0, 0.05) is 40.1 Å². The number of amides is 1. The monoisotopic (exact) mass is 568 g/mol. The van der Waals surface area contributed by atoms with E-state index >= 15 is 0 Å². The Morgan fingerprint density at radius 2 is 1.64 bits per heavy atom. The number of phenols is 1. The summed E-state index contributed by atoms with van der Waals surface area (Å²) in [7, 11) is 4.26. The van der Waals surface area contributed by atoms with Crippen LogP contribution in [0.2, 0.25) is 0 Å². The van der Waals surface area contributed by atoms with Gasteiger partial charge in [0.25, 0.3) is 0 Å². The Labute approximate surface area is 242 Å². The topological polar surface area (TPSA) is 138 Å². The van der Waals surface area contributed by atoms with Crippen molar-refractivity contribution < 1.29 is 28.9 Å². The fourth-order valence-corrected chi connectivity index (χ4v) is 5.87. The zero-order chi connectivity index (χ0) is 29.4. The zero-order valence-electron chi connectivity index (χ0n) is 23.5. The van der Waals surface area contributed by atoms with Crippen LogP contribution in [0.15, 0.2) is 66.9 Å². The lowest BCUT2D eigenvalue weighted by atomic mass is 9.89. The summed E-state index contributed by atoms with van der Waals surface area (Å²) in [6.45, 7) is 0. The Kier molecular flexibility index (Phi) is 7.22. The SMILES string of the molecule is COC(=O)[C@@H](Cc1c[nH]c2ccccc12)NC(=O)[C@@H]1Cc2c([nH]c3ccccc23)[C@@H](c2cc(OC)c(O)c(OC)c2)N1. The number of carbonyl (C=O) groups is 2. The van der Waals surface area contributed by atoms with Gasteiger partial charge in [0.05, 0.1) is 33.4 Å². The largest absolute Gasteiger partial charge is 0.502 e. The van der Waals surface area contributed by atoms with Crippen LogP contribution in [0, 0.1) is 0 Å². The van der Waals surface area contributed by atoms with Gasteiger partial charge in [0.2, 0.25) is 11.7 Å². The molecule has 3 heterocycles. The second-order valence-electron chi connectivity index (χ2n) is 10.3. The average Bonchev–Trinajstić information content (AvgIpc) is 3.61. The molecule has 10 heteroatoms. The highest BCUT2D eigenvalue weighted by atomic mass is 16.5. The van der Waals surface area contributed by atoms with Crippen LogP contribution >= 0.6 is 0 Å². The Morgan fingerprint density at radius 3 is 2.33 bits per heavy atom. The molecular weight excluding hydrogens is 536 g/mol. The van der Waals surface area contributed by atoms with E-state index in [1.165, 1.54) is 21.3 Å². The number of benzene rings is 3. The summed E-state index contributed by atoms with van der Waals surface area (Å²) < 4.78 is 15.9. The van der Waals surface area contributed by atoms with E-state index < -0.39 is 24.1 Å². The molecule has 0 saturated heterocycles. The Hall–Kier alpha value is -4.96. The van der Waals surface area contributed by atoms with Crippen LogP contribution in [0.4, 0.5) is 0 Å². The standard InChI is InChI=1S/C32H32N4O6/c1-40-26-13-17(14-27(41-2)30(26)37)28-29-21(20-9-5-7-11-23(20)34-29)15-24(35-28)31(38)36-25(32(39)42-3)12-18-16-33-22-10-6-4-8-19(18)22/h4-11,13-14,16,24-25,28,33-35,37H,12,15H2,1-3H3,(H,36,38)/t24-,25+,28+/m0/s1. The quantitative estimate of drug-likeness (QED) is 0.179. The van der Waals surface area contributed by atoms with Crippen molar-refractivity contribution in [1.29, 1.82) is 0 Å². The second-order valence-corrected chi connectivity index (χ2v) is 10.3. The fourth-order valence-electron chi connectivity index (χ4n) is 5.87. The van der Waals surface area contributed by atoms with Crippen molar-refractivity contribution in [2.24, 2.45) is 0 Å². The number of nitrogens with one attached hydrogen (secondary N) is 4. The van der Waals surface area contributed by atoms with Crippen molar-refractivity contribution in [3.8, 4) is 17.2 Å². The first-order chi connectivity index (χ1) is 20.4. The van der Waals surface area contributed by atoms with Gasteiger partial charge < -0.3 is 34.6 Å². The van der Waals surface area contributed by atoms with Gasteiger partial charge in [0.15, 0.2) is 11.5 Å². The van der Waals surface area contributed by atoms with Gasteiger partial charge in [-0.3, -0.25) is 10.1 Å². The highest BCUT2D eigenvalue weighted by molar-refractivity contribution is 5.91. The number of carbonyl (C=O) groups excluding carboxylic acids is 2. The molecular formula is C32H32N4O6. The number of rotatable bonds is 8. The van der Waals surface area contributed by atoms with Crippen molar-refractivity contribution >= 4 is 33.7 Å². The van der Waals surface area contributed by atoms with Crippen molar-refractivity contribution in [3.05, 3.63) is 89.2 Å². The molecule has 0 spiro atoms. The molecule has 3 atom stereocenters. The van der Waals surface area contributed by atoms with E-state index in [4.69, 9.17) is 14.2 Å². The smallest absolute Gasteiger partial charge is 0.328 e. The van der Waals surface area contributed by atoms with Gasteiger partial charge in [-0.15, -0.1) is 0 Å². The lowest BCUT2D eigenvalue weighted by Gasteiger charge is -2.32. The normalized spacial score (nSPS) is 17.0. The number of hydrogen-bond donors (Lipinski definition) is 5. The Bertz CT molecular complexity index is 1770. The number of H-pyrrole nitrogens is 2. The number of aromatic nitrogens is 2. The lowest BCUT2D eigenvalue weighted by molar-refractivity contribution is -0.145. The lowest BCUT2D eigenvalue weighted by Crippen LogP contribution is -2.54. The predicted octanol–water partition coefficient (Wildman–Crippen LogP) is 3.88. The first kappa shape index (κ1) is 27.2. The molecule has 5 N–H and O–H groups in total. The molecule has 42 heavy (non-hydrogen) atoms. The minimum Gasteiger partial charge on any atom is -0.502 e.